The molecule has 1 saturated carbocycles. The van der Waals surface area contributed by atoms with Crippen LogP contribution in [0.2, 0.25) is 0 Å². The van der Waals surface area contributed by atoms with Crippen molar-refractivity contribution in [3.63, 3.8) is 0 Å². The summed E-state index contributed by atoms with van der Waals surface area (Å²) in [5.41, 5.74) is 0.0935. The first-order chi connectivity index (χ1) is 13.2. The minimum atomic E-state index is -3.77. The summed E-state index contributed by atoms with van der Waals surface area (Å²) in [6, 6.07) is 4.15. The number of hydrogen-bond acceptors (Lipinski definition) is 6. The second kappa shape index (κ2) is 8.34. The van der Waals surface area contributed by atoms with E-state index in [1.165, 1.54) is 22.5 Å². The Morgan fingerprint density at radius 3 is 2.32 bits per heavy atom. The van der Waals surface area contributed by atoms with E-state index in [0.29, 0.717) is 31.6 Å². The maximum Gasteiger partial charge on any atom is 0.293 e. The largest absolute Gasteiger partial charge is 0.393 e. The molecule has 8 nitrogen and oxygen atoms in total. The van der Waals surface area contributed by atoms with E-state index in [2.05, 4.69) is 5.32 Å². The minimum absolute atomic E-state index is 0.0355. The molecule has 0 spiro atoms. The molecule has 1 aliphatic carbocycles. The van der Waals surface area contributed by atoms with Crippen LogP contribution in [0.25, 0.3) is 0 Å². The Balaban J connectivity index is 1.84. The van der Waals surface area contributed by atoms with Crippen molar-refractivity contribution in [1.82, 2.24) is 4.31 Å². The molecule has 2 atom stereocenters. The fraction of sp³-hybridized carbons (Fsp3) is 0.684. The summed E-state index contributed by atoms with van der Waals surface area (Å²) in [4.78, 5) is 11.0. The molecule has 1 aromatic carbocycles. The number of benzene rings is 1. The Bertz CT molecular complexity index is 811. The zero-order valence-corrected chi connectivity index (χ0v) is 17.2. The van der Waals surface area contributed by atoms with E-state index in [0.717, 1.165) is 19.3 Å². The van der Waals surface area contributed by atoms with E-state index >= 15 is 0 Å². The molecule has 0 amide bonds. The third kappa shape index (κ3) is 4.64. The number of nitrogens with zero attached hydrogens (tertiary/aromatic N) is 2. The smallest absolute Gasteiger partial charge is 0.293 e. The van der Waals surface area contributed by atoms with Crippen molar-refractivity contribution in [1.29, 1.82) is 0 Å². The van der Waals surface area contributed by atoms with E-state index in [4.69, 9.17) is 0 Å². The summed E-state index contributed by atoms with van der Waals surface area (Å²) < 4.78 is 27.5. The number of piperidine rings is 1. The summed E-state index contributed by atoms with van der Waals surface area (Å²) in [6.45, 7) is 4.92. The SMILES string of the molecule is C[C@@H]1C[C@H](C)CN(S(=O)(=O)c2ccc(NC3CCC(O)CC3)c([N+](=O)[O-])c2)C1. The van der Waals surface area contributed by atoms with Crippen molar-refractivity contribution in [2.75, 3.05) is 18.4 Å². The zero-order chi connectivity index (χ0) is 20.5. The molecule has 0 aromatic heterocycles. The molecule has 2 aliphatic rings. The number of rotatable bonds is 5. The second-order valence-electron chi connectivity index (χ2n) is 8.35. The van der Waals surface area contributed by atoms with Gasteiger partial charge in [-0.2, -0.15) is 4.31 Å². The van der Waals surface area contributed by atoms with Crippen LogP contribution in [0.15, 0.2) is 23.1 Å². The molecule has 2 N–H and O–H groups in total. The molecule has 1 saturated heterocycles. The first-order valence-electron chi connectivity index (χ1n) is 9.90. The van der Waals surface area contributed by atoms with Gasteiger partial charge in [-0.25, -0.2) is 8.42 Å². The highest BCUT2D eigenvalue weighted by atomic mass is 32.2. The molecular weight excluding hydrogens is 382 g/mol. The third-order valence-electron chi connectivity index (χ3n) is 5.70. The van der Waals surface area contributed by atoms with Gasteiger partial charge >= 0.3 is 0 Å². The van der Waals surface area contributed by atoms with Gasteiger partial charge in [0.05, 0.1) is 15.9 Å². The van der Waals surface area contributed by atoms with Crippen molar-refractivity contribution in [3.8, 4) is 0 Å². The highest BCUT2D eigenvalue weighted by Gasteiger charge is 2.33. The van der Waals surface area contributed by atoms with Crippen LogP contribution in [0.5, 0.6) is 0 Å². The van der Waals surface area contributed by atoms with Crippen LogP contribution in [-0.4, -0.2) is 48.0 Å². The molecule has 0 unspecified atom stereocenters. The molecule has 3 rings (SSSR count). The van der Waals surface area contributed by atoms with Gasteiger partial charge in [-0.1, -0.05) is 13.8 Å². The molecule has 1 aromatic rings. The monoisotopic (exact) mass is 411 g/mol. The molecule has 156 valence electrons. The van der Waals surface area contributed by atoms with Crippen molar-refractivity contribution in [2.24, 2.45) is 11.8 Å². The average Bonchev–Trinajstić information content (AvgIpc) is 2.63. The van der Waals surface area contributed by atoms with Gasteiger partial charge in [0, 0.05) is 25.2 Å². The molecule has 1 aliphatic heterocycles. The van der Waals surface area contributed by atoms with Crippen molar-refractivity contribution in [3.05, 3.63) is 28.3 Å². The van der Waals surface area contributed by atoms with Crippen LogP contribution < -0.4 is 5.32 Å². The van der Waals surface area contributed by atoms with Crippen molar-refractivity contribution in [2.45, 2.75) is 63.0 Å². The van der Waals surface area contributed by atoms with E-state index in [1.54, 1.807) is 0 Å². The fourth-order valence-electron chi connectivity index (χ4n) is 4.34. The number of aliphatic hydroxyl groups excluding tert-OH is 1. The standard InChI is InChI=1S/C19H29N3O5S/c1-13-9-14(2)12-21(11-13)28(26,27)17-7-8-18(19(10-17)22(24)25)20-15-3-5-16(23)6-4-15/h7-8,10,13-16,20,23H,3-6,9,11-12H2,1-2H3/t13-,14+,15?,16?. The van der Waals surface area contributed by atoms with Gasteiger partial charge in [0.15, 0.2) is 0 Å². The molecule has 9 heteroatoms. The number of anilines is 1. The molecule has 28 heavy (non-hydrogen) atoms. The van der Waals surface area contributed by atoms with Crippen molar-refractivity contribution >= 4 is 21.4 Å². The molecule has 2 fully saturated rings. The van der Waals surface area contributed by atoms with Crippen LogP contribution in [0.3, 0.4) is 0 Å². The molecule has 0 radical (unpaired) electrons. The lowest BCUT2D eigenvalue weighted by Crippen LogP contribution is -2.42. The van der Waals surface area contributed by atoms with Crippen LogP contribution in [0.4, 0.5) is 11.4 Å². The number of nitrogens with one attached hydrogen (secondary N) is 1. The Kier molecular flexibility index (Phi) is 6.26. The van der Waals surface area contributed by atoms with Crippen LogP contribution in [-0.2, 0) is 10.0 Å². The normalized spacial score (nSPS) is 29.4. The predicted octanol–water partition coefficient (Wildman–Crippen LogP) is 2.98. The molecule has 0 bridgehead atoms. The highest BCUT2D eigenvalue weighted by molar-refractivity contribution is 7.89. The van der Waals surface area contributed by atoms with Gasteiger partial charge in [0.1, 0.15) is 5.69 Å². The lowest BCUT2D eigenvalue weighted by Gasteiger charge is -2.34. The van der Waals surface area contributed by atoms with Gasteiger partial charge in [0.2, 0.25) is 10.0 Å². The van der Waals surface area contributed by atoms with E-state index in [1.807, 2.05) is 13.8 Å². The van der Waals surface area contributed by atoms with E-state index < -0.39 is 14.9 Å². The lowest BCUT2D eigenvalue weighted by molar-refractivity contribution is -0.384. The first-order valence-corrected chi connectivity index (χ1v) is 11.3. The number of nitro groups is 1. The summed E-state index contributed by atoms with van der Waals surface area (Å²) in [6.07, 6.45) is 3.43. The van der Waals surface area contributed by atoms with Gasteiger partial charge in [0.25, 0.3) is 5.69 Å². The average molecular weight is 412 g/mol. The topological polar surface area (TPSA) is 113 Å². The molecular formula is C19H29N3O5S. The quantitative estimate of drug-likeness (QED) is 0.569. The number of nitro benzene ring substituents is 1. The van der Waals surface area contributed by atoms with Crippen LogP contribution in [0, 0.1) is 22.0 Å². The fourth-order valence-corrected chi connectivity index (χ4v) is 6.04. The van der Waals surface area contributed by atoms with E-state index in [9.17, 15) is 23.6 Å². The molecule has 1 heterocycles. The predicted molar refractivity (Wildman–Crippen MR) is 107 cm³/mol. The summed E-state index contributed by atoms with van der Waals surface area (Å²) in [7, 11) is -3.77. The Hall–Kier alpha value is -1.71. The van der Waals surface area contributed by atoms with Crippen LogP contribution in [0.1, 0.15) is 46.0 Å². The third-order valence-corrected chi connectivity index (χ3v) is 7.52. The Morgan fingerprint density at radius 2 is 1.75 bits per heavy atom. The van der Waals surface area contributed by atoms with Crippen LogP contribution >= 0.6 is 0 Å². The number of aliphatic hydroxyl groups is 1. The van der Waals surface area contributed by atoms with Crippen molar-refractivity contribution < 1.29 is 18.4 Å². The zero-order valence-electron chi connectivity index (χ0n) is 16.4. The van der Waals surface area contributed by atoms with Gasteiger partial charge in [-0.05, 0) is 56.1 Å². The Labute approximate surface area is 166 Å². The summed E-state index contributed by atoms with van der Waals surface area (Å²) in [5.74, 6) is 0.521. The summed E-state index contributed by atoms with van der Waals surface area (Å²) >= 11 is 0. The highest BCUT2D eigenvalue weighted by Crippen LogP contribution is 2.33. The lowest BCUT2D eigenvalue weighted by atomic mass is 9.93. The first kappa shape index (κ1) is 21.0. The maximum absolute atomic E-state index is 13.0. The van der Waals surface area contributed by atoms with Gasteiger partial charge < -0.3 is 10.4 Å². The van der Waals surface area contributed by atoms with E-state index in [-0.39, 0.29) is 34.6 Å². The number of hydrogen-bond donors (Lipinski definition) is 2. The maximum atomic E-state index is 13.0. The summed E-state index contributed by atoms with van der Waals surface area (Å²) in [5, 5.41) is 24.4. The number of sulfonamides is 1. The second-order valence-corrected chi connectivity index (χ2v) is 10.3. The minimum Gasteiger partial charge on any atom is -0.393 e. The Morgan fingerprint density at radius 1 is 1.14 bits per heavy atom. The van der Waals surface area contributed by atoms with Gasteiger partial charge in [-0.3, -0.25) is 10.1 Å². The van der Waals surface area contributed by atoms with Gasteiger partial charge in [-0.15, -0.1) is 0 Å².